The second kappa shape index (κ2) is 6.66. The molecular formula is C17H19N5O2. The Labute approximate surface area is 139 Å². The van der Waals surface area contributed by atoms with E-state index in [0.29, 0.717) is 18.7 Å². The van der Waals surface area contributed by atoms with E-state index in [1.54, 1.807) is 9.36 Å². The van der Waals surface area contributed by atoms with Gasteiger partial charge in [-0.25, -0.2) is 9.48 Å². The maximum Gasteiger partial charge on any atom is 0.358 e. The van der Waals surface area contributed by atoms with Crippen molar-refractivity contribution < 1.29 is 9.90 Å². The van der Waals surface area contributed by atoms with Crippen LogP contribution in [0.1, 0.15) is 35.1 Å². The Bertz CT molecular complexity index is 866. The van der Waals surface area contributed by atoms with Gasteiger partial charge in [0, 0.05) is 18.8 Å². The van der Waals surface area contributed by atoms with Crippen molar-refractivity contribution in [2.24, 2.45) is 7.05 Å². The van der Waals surface area contributed by atoms with Gasteiger partial charge < -0.3 is 5.11 Å². The van der Waals surface area contributed by atoms with Crippen LogP contribution in [-0.2, 0) is 20.0 Å². The minimum Gasteiger partial charge on any atom is -0.476 e. The van der Waals surface area contributed by atoms with Crippen molar-refractivity contribution >= 4 is 5.97 Å². The van der Waals surface area contributed by atoms with Crippen molar-refractivity contribution in [3.63, 3.8) is 0 Å². The summed E-state index contributed by atoms with van der Waals surface area (Å²) in [5.74, 6) is -1.04. The van der Waals surface area contributed by atoms with Crippen LogP contribution in [0.4, 0.5) is 0 Å². The molecule has 0 saturated carbocycles. The molecule has 0 amide bonds. The van der Waals surface area contributed by atoms with Gasteiger partial charge in [0.1, 0.15) is 0 Å². The van der Waals surface area contributed by atoms with Crippen LogP contribution in [-0.4, -0.2) is 35.9 Å². The van der Waals surface area contributed by atoms with E-state index < -0.39 is 5.97 Å². The third kappa shape index (κ3) is 3.19. The SMILES string of the molecule is CCCc1c(C(=O)O)nnn1Cc1cccc(-c2ccn(C)n2)c1. The molecule has 1 aromatic carbocycles. The lowest BCUT2D eigenvalue weighted by Gasteiger charge is -2.07. The topological polar surface area (TPSA) is 85.8 Å². The molecule has 7 heteroatoms. The van der Waals surface area contributed by atoms with Gasteiger partial charge in [-0.3, -0.25) is 4.68 Å². The molecule has 0 bridgehead atoms. The molecule has 0 unspecified atom stereocenters. The van der Waals surface area contributed by atoms with E-state index in [1.165, 1.54) is 0 Å². The first-order valence-corrected chi connectivity index (χ1v) is 7.83. The highest BCUT2D eigenvalue weighted by atomic mass is 16.4. The molecule has 0 atom stereocenters. The fourth-order valence-corrected chi connectivity index (χ4v) is 2.68. The van der Waals surface area contributed by atoms with Crippen molar-refractivity contribution in [2.75, 3.05) is 0 Å². The average molecular weight is 325 g/mol. The molecule has 0 radical (unpaired) electrons. The number of benzene rings is 1. The minimum absolute atomic E-state index is 0.0396. The molecule has 2 heterocycles. The molecule has 1 N–H and O–H groups in total. The monoisotopic (exact) mass is 325 g/mol. The summed E-state index contributed by atoms with van der Waals surface area (Å²) in [5, 5.41) is 21.5. The van der Waals surface area contributed by atoms with E-state index in [1.807, 2.05) is 50.5 Å². The Balaban J connectivity index is 1.90. The van der Waals surface area contributed by atoms with E-state index in [-0.39, 0.29) is 5.69 Å². The van der Waals surface area contributed by atoms with Crippen LogP contribution in [0.5, 0.6) is 0 Å². The quantitative estimate of drug-likeness (QED) is 0.752. The van der Waals surface area contributed by atoms with Crippen molar-refractivity contribution in [1.29, 1.82) is 0 Å². The van der Waals surface area contributed by atoms with Gasteiger partial charge in [0.2, 0.25) is 0 Å². The van der Waals surface area contributed by atoms with Gasteiger partial charge in [-0.15, -0.1) is 5.10 Å². The number of hydrogen-bond acceptors (Lipinski definition) is 4. The molecule has 7 nitrogen and oxygen atoms in total. The van der Waals surface area contributed by atoms with Crippen LogP contribution in [0, 0.1) is 0 Å². The Morgan fingerprint density at radius 2 is 2.12 bits per heavy atom. The summed E-state index contributed by atoms with van der Waals surface area (Å²) in [6.07, 6.45) is 3.37. The number of aryl methyl sites for hydroxylation is 1. The standard InChI is InChI=1S/C17H19N5O2/c1-3-5-15-16(17(23)24)18-20-22(15)11-12-6-4-7-13(10-12)14-8-9-21(2)19-14/h4,6-10H,3,5,11H2,1-2H3,(H,23,24). The van der Waals surface area contributed by atoms with Crippen LogP contribution in [0.15, 0.2) is 36.5 Å². The summed E-state index contributed by atoms with van der Waals surface area (Å²) in [7, 11) is 1.88. The number of carboxylic acids is 1. The van der Waals surface area contributed by atoms with Gasteiger partial charge in [-0.05, 0) is 24.1 Å². The lowest BCUT2D eigenvalue weighted by molar-refractivity contribution is 0.0689. The van der Waals surface area contributed by atoms with Gasteiger partial charge in [-0.2, -0.15) is 5.10 Å². The third-order valence-electron chi connectivity index (χ3n) is 3.80. The molecule has 0 aliphatic carbocycles. The first kappa shape index (κ1) is 15.9. The molecule has 0 saturated heterocycles. The lowest BCUT2D eigenvalue weighted by Crippen LogP contribution is -2.09. The van der Waals surface area contributed by atoms with Crippen LogP contribution in [0.25, 0.3) is 11.3 Å². The molecule has 0 fully saturated rings. The number of carbonyl (C=O) groups is 1. The molecule has 0 aliphatic heterocycles. The summed E-state index contributed by atoms with van der Waals surface area (Å²) < 4.78 is 3.43. The number of carboxylic acid groups (broad SMARTS) is 1. The van der Waals surface area contributed by atoms with E-state index in [9.17, 15) is 9.90 Å². The number of aromatic carboxylic acids is 1. The summed E-state index contributed by atoms with van der Waals surface area (Å²) in [4.78, 5) is 11.3. The summed E-state index contributed by atoms with van der Waals surface area (Å²) in [6.45, 7) is 2.49. The highest BCUT2D eigenvalue weighted by Crippen LogP contribution is 2.19. The smallest absolute Gasteiger partial charge is 0.358 e. The zero-order valence-electron chi connectivity index (χ0n) is 13.7. The number of aromatic nitrogens is 5. The van der Waals surface area contributed by atoms with Crippen LogP contribution in [0.3, 0.4) is 0 Å². The predicted molar refractivity (Wildman–Crippen MR) is 88.7 cm³/mol. The Morgan fingerprint density at radius 1 is 1.29 bits per heavy atom. The molecule has 3 aromatic rings. The zero-order valence-corrected chi connectivity index (χ0v) is 13.7. The fourth-order valence-electron chi connectivity index (χ4n) is 2.68. The largest absolute Gasteiger partial charge is 0.476 e. The normalized spacial score (nSPS) is 10.9. The summed E-state index contributed by atoms with van der Waals surface area (Å²) >= 11 is 0. The Hall–Kier alpha value is -2.96. The maximum atomic E-state index is 11.3. The second-order valence-electron chi connectivity index (χ2n) is 5.67. The summed E-state index contributed by atoms with van der Waals surface area (Å²) in [5.41, 5.74) is 3.64. The molecule has 3 rings (SSSR count). The maximum absolute atomic E-state index is 11.3. The van der Waals surface area contributed by atoms with Crippen LogP contribution >= 0.6 is 0 Å². The first-order chi connectivity index (χ1) is 11.6. The lowest BCUT2D eigenvalue weighted by atomic mass is 10.1. The third-order valence-corrected chi connectivity index (χ3v) is 3.80. The molecule has 24 heavy (non-hydrogen) atoms. The molecule has 0 spiro atoms. The molecule has 0 aliphatic rings. The molecule has 2 aromatic heterocycles. The minimum atomic E-state index is -1.04. The predicted octanol–water partition coefficient (Wildman–Crippen LogP) is 2.38. The van der Waals surface area contributed by atoms with Gasteiger partial charge in [0.25, 0.3) is 0 Å². The van der Waals surface area contributed by atoms with E-state index in [2.05, 4.69) is 15.4 Å². The Morgan fingerprint density at radius 3 is 2.79 bits per heavy atom. The zero-order chi connectivity index (χ0) is 17.1. The van der Waals surface area contributed by atoms with Crippen molar-refractivity contribution in [3.8, 4) is 11.3 Å². The van der Waals surface area contributed by atoms with Crippen molar-refractivity contribution in [1.82, 2.24) is 24.8 Å². The average Bonchev–Trinajstić information content (AvgIpc) is 3.15. The fraction of sp³-hybridized carbons (Fsp3) is 0.294. The highest BCUT2D eigenvalue weighted by Gasteiger charge is 2.18. The highest BCUT2D eigenvalue weighted by molar-refractivity contribution is 5.86. The van der Waals surface area contributed by atoms with E-state index in [0.717, 1.165) is 23.2 Å². The summed E-state index contributed by atoms with van der Waals surface area (Å²) in [6, 6.07) is 9.96. The Kier molecular flexibility index (Phi) is 4.41. The van der Waals surface area contributed by atoms with Crippen molar-refractivity contribution in [2.45, 2.75) is 26.3 Å². The molecule has 124 valence electrons. The van der Waals surface area contributed by atoms with Crippen LogP contribution in [0.2, 0.25) is 0 Å². The first-order valence-electron chi connectivity index (χ1n) is 7.83. The second-order valence-corrected chi connectivity index (χ2v) is 5.67. The van der Waals surface area contributed by atoms with Crippen molar-refractivity contribution in [3.05, 3.63) is 53.5 Å². The van der Waals surface area contributed by atoms with Gasteiger partial charge in [0.05, 0.1) is 17.9 Å². The number of hydrogen-bond donors (Lipinski definition) is 1. The number of rotatable bonds is 6. The molecular weight excluding hydrogens is 306 g/mol. The van der Waals surface area contributed by atoms with Gasteiger partial charge >= 0.3 is 5.97 Å². The van der Waals surface area contributed by atoms with Gasteiger partial charge in [-0.1, -0.05) is 36.8 Å². The van der Waals surface area contributed by atoms with Gasteiger partial charge in [0.15, 0.2) is 5.69 Å². The van der Waals surface area contributed by atoms with E-state index in [4.69, 9.17) is 0 Å². The van der Waals surface area contributed by atoms with Crippen LogP contribution < -0.4 is 0 Å². The van der Waals surface area contributed by atoms with E-state index >= 15 is 0 Å². The number of nitrogens with zero attached hydrogens (tertiary/aromatic N) is 5.